The molecule has 0 aliphatic heterocycles. The van der Waals surface area contributed by atoms with E-state index in [0.717, 1.165) is 21.5 Å². The number of thioether (sulfide) groups is 2. The topological polar surface area (TPSA) is 43.1 Å². The van der Waals surface area contributed by atoms with E-state index in [0.29, 0.717) is 0 Å². The van der Waals surface area contributed by atoms with Crippen LogP contribution < -0.4 is 0 Å². The second kappa shape index (κ2) is 8.37. The number of hydrogen-bond acceptors (Lipinski definition) is 5. The van der Waals surface area contributed by atoms with E-state index in [1.54, 1.807) is 40.7 Å². The van der Waals surface area contributed by atoms with Gasteiger partial charge in [0.1, 0.15) is 6.33 Å². The summed E-state index contributed by atoms with van der Waals surface area (Å²) in [5.74, 6) is 0.786. The van der Waals surface area contributed by atoms with Gasteiger partial charge in [-0.05, 0) is 41.6 Å². The number of benzene rings is 2. The molecule has 0 spiro atoms. The van der Waals surface area contributed by atoms with Crippen LogP contribution in [0.5, 0.6) is 0 Å². The third-order valence-corrected chi connectivity index (χ3v) is 5.23. The van der Waals surface area contributed by atoms with Crippen molar-refractivity contribution in [1.82, 2.24) is 14.9 Å². The Balaban J connectivity index is 1.65. The predicted octanol–water partition coefficient (Wildman–Crippen LogP) is 4.83. The van der Waals surface area contributed by atoms with E-state index >= 15 is 0 Å². The molecule has 3 aromatic rings. The molecule has 0 radical (unpaired) electrons. The summed E-state index contributed by atoms with van der Waals surface area (Å²) >= 11 is 9.20. The number of hydrogen-bond donors (Lipinski definition) is 0. The van der Waals surface area contributed by atoms with Crippen LogP contribution in [-0.2, 0) is 5.75 Å². The predicted molar refractivity (Wildman–Crippen MR) is 102 cm³/mol. The molecule has 3 rings (SSSR count). The van der Waals surface area contributed by atoms with Gasteiger partial charge >= 0.3 is 0 Å². The van der Waals surface area contributed by atoms with Gasteiger partial charge in [-0.1, -0.05) is 47.6 Å². The lowest BCUT2D eigenvalue weighted by atomic mass is 10.2. The lowest BCUT2D eigenvalue weighted by Crippen LogP contribution is -1.92. The number of nitrogens with zero attached hydrogens (tertiary/aromatic N) is 4. The molecule has 0 aliphatic rings. The van der Waals surface area contributed by atoms with Crippen molar-refractivity contribution in [3.8, 4) is 0 Å². The maximum absolute atomic E-state index is 5.90. The van der Waals surface area contributed by atoms with Gasteiger partial charge in [-0.25, -0.2) is 0 Å². The van der Waals surface area contributed by atoms with Crippen LogP contribution in [0.1, 0.15) is 11.1 Å². The normalized spacial score (nSPS) is 11.2. The second-order valence-electron chi connectivity index (χ2n) is 4.89. The fourth-order valence-corrected chi connectivity index (χ4v) is 3.29. The fourth-order valence-electron chi connectivity index (χ4n) is 1.94. The molecule has 0 fully saturated rings. The number of rotatable bonds is 6. The van der Waals surface area contributed by atoms with E-state index in [9.17, 15) is 0 Å². The summed E-state index contributed by atoms with van der Waals surface area (Å²) in [6.45, 7) is 0. The maximum atomic E-state index is 5.90. The van der Waals surface area contributed by atoms with Crippen molar-refractivity contribution in [3.05, 3.63) is 71.0 Å². The molecule has 0 aliphatic carbocycles. The molecular weight excluding hydrogens is 360 g/mol. The minimum Gasteiger partial charge on any atom is -0.195 e. The second-order valence-corrected chi connectivity index (χ2v) is 7.15. The largest absolute Gasteiger partial charge is 0.212 e. The first-order valence-electron chi connectivity index (χ1n) is 7.20. The van der Waals surface area contributed by atoms with E-state index < -0.39 is 0 Å². The lowest BCUT2D eigenvalue weighted by molar-refractivity contribution is 0.767. The molecule has 2 aromatic carbocycles. The molecule has 0 bridgehead atoms. The van der Waals surface area contributed by atoms with Crippen LogP contribution in [0.2, 0.25) is 5.02 Å². The zero-order valence-electron chi connectivity index (χ0n) is 13.0. The minimum atomic E-state index is 0.740. The SMILES string of the molecule is CSc1ccc(/C=N/n2cnnc2SCc2ccc(Cl)cc2)cc1. The summed E-state index contributed by atoms with van der Waals surface area (Å²) in [5.41, 5.74) is 2.21. The maximum Gasteiger partial charge on any atom is 0.212 e. The minimum absolute atomic E-state index is 0.740. The van der Waals surface area contributed by atoms with E-state index in [-0.39, 0.29) is 0 Å². The van der Waals surface area contributed by atoms with Crippen LogP contribution in [0.3, 0.4) is 0 Å². The van der Waals surface area contributed by atoms with Crippen LogP contribution in [0.15, 0.2) is 70.0 Å². The van der Waals surface area contributed by atoms with Gasteiger partial charge in [0.05, 0.1) is 6.21 Å². The number of aromatic nitrogens is 3. The van der Waals surface area contributed by atoms with Gasteiger partial charge in [-0.3, -0.25) is 0 Å². The molecule has 4 nitrogen and oxygen atoms in total. The Morgan fingerprint density at radius 3 is 2.58 bits per heavy atom. The van der Waals surface area contributed by atoms with E-state index in [1.807, 2.05) is 36.4 Å². The molecule has 0 atom stereocenters. The molecule has 122 valence electrons. The van der Waals surface area contributed by atoms with Gasteiger partial charge in [-0.2, -0.15) is 9.78 Å². The Labute approximate surface area is 154 Å². The van der Waals surface area contributed by atoms with Crippen LogP contribution in [0.4, 0.5) is 0 Å². The summed E-state index contributed by atoms with van der Waals surface area (Å²) < 4.78 is 1.68. The van der Waals surface area contributed by atoms with Crippen molar-refractivity contribution in [2.24, 2.45) is 5.10 Å². The molecule has 1 heterocycles. The summed E-state index contributed by atoms with van der Waals surface area (Å²) in [6.07, 6.45) is 5.47. The fraction of sp³-hybridized carbons (Fsp3) is 0.118. The third-order valence-electron chi connectivity index (χ3n) is 3.23. The Bertz CT molecular complexity index is 813. The van der Waals surface area contributed by atoms with E-state index in [1.165, 1.54) is 10.5 Å². The van der Waals surface area contributed by atoms with Crippen molar-refractivity contribution in [2.75, 3.05) is 6.26 Å². The monoisotopic (exact) mass is 374 g/mol. The van der Waals surface area contributed by atoms with Gasteiger partial charge < -0.3 is 0 Å². The molecular formula is C17H15ClN4S2. The lowest BCUT2D eigenvalue weighted by Gasteiger charge is -2.02. The standard InChI is InChI=1S/C17H15ClN4S2/c1-23-16-8-4-13(5-9-16)10-20-22-12-19-21-17(22)24-11-14-2-6-15(18)7-3-14/h2-10,12H,11H2,1H3/b20-10+. The van der Waals surface area contributed by atoms with E-state index in [2.05, 4.69) is 33.7 Å². The zero-order chi connectivity index (χ0) is 16.8. The van der Waals surface area contributed by atoms with Gasteiger partial charge in [0.25, 0.3) is 0 Å². The zero-order valence-corrected chi connectivity index (χ0v) is 15.4. The molecule has 7 heteroatoms. The number of halogens is 1. The smallest absolute Gasteiger partial charge is 0.195 e. The molecule has 0 amide bonds. The Morgan fingerprint density at radius 1 is 1.12 bits per heavy atom. The Morgan fingerprint density at radius 2 is 1.88 bits per heavy atom. The van der Waals surface area contributed by atoms with Crippen molar-refractivity contribution < 1.29 is 0 Å². The van der Waals surface area contributed by atoms with Gasteiger partial charge in [0.2, 0.25) is 5.16 Å². The van der Waals surface area contributed by atoms with Gasteiger partial charge in [0, 0.05) is 15.7 Å². The molecule has 0 saturated heterocycles. The molecule has 1 aromatic heterocycles. The first kappa shape index (κ1) is 17.1. The average Bonchev–Trinajstić information content (AvgIpc) is 3.07. The first-order valence-corrected chi connectivity index (χ1v) is 9.79. The summed E-state index contributed by atoms with van der Waals surface area (Å²) in [7, 11) is 0. The highest BCUT2D eigenvalue weighted by Crippen LogP contribution is 2.21. The highest BCUT2D eigenvalue weighted by molar-refractivity contribution is 7.98. The van der Waals surface area contributed by atoms with Crippen LogP contribution in [-0.4, -0.2) is 27.3 Å². The third kappa shape index (κ3) is 4.63. The molecule has 0 saturated carbocycles. The molecule has 0 unspecified atom stereocenters. The van der Waals surface area contributed by atoms with Crippen molar-refractivity contribution >= 4 is 41.3 Å². The average molecular weight is 375 g/mol. The van der Waals surface area contributed by atoms with Crippen molar-refractivity contribution in [3.63, 3.8) is 0 Å². The summed E-state index contributed by atoms with van der Waals surface area (Å²) in [5, 5.41) is 14.0. The Kier molecular flexibility index (Phi) is 5.96. The van der Waals surface area contributed by atoms with Gasteiger partial charge in [0.15, 0.2) is 0 Å². The van der Waals surface area contributed by atoms with E-state index in [4.69, 9.17) is 11.6 Å². The quantitative estimate of drug-likeness (QED) is 0.458. The molecule has 0 N–H and O–H groups in total. The first-order chi connectivity index (χ1) is 11.7. The van der Waals surface area contributed by atoms with Crippen LogP contribution in [0.25, 0.3) is 0 Å². The van der Waals surface area contributed by atoms with Crippen molar-refractivity contribution in [1.29, 1.82) is 0 Å². The summed E-state index contributed by atoms with van der Waals surface area (Å²) in [4.78, 5) is 1.23. The van der Waals surface area contributed by atoms with Crippen LogP contribution in [0, 0.1) is 0 Å². The Hall–Kier alpha value is -1.76. The van der Waals surface area contributed by atoms with Gasteiger partial charge in [-0.15, -0.1) is 22.0 Å². The molecule has 24 heavy (non-hydrogen) atoms. The summed E-state index contributed by atoms with van der Waals surface area (Å²) in [6, 6.07) is 16.0. The highest BCUT2D eigenvalue weighted by Gasteiger charge is 2.04. The highest BCUT2D eigenvalue weighted by atomic mass is 35.5. The van der Waals surface area contributed by atoms with Crippen molar-refractivity contribution in [2.45, 2.75) is 15.8 Å². The van der Waals surface area contributed by atoms with Crippen LogP contribution >= 0.6 is 35.1 Å².